The zero-order valence-corrected chi connectivity index (χ0v) is 10.0. The summed E-state index contributed by atoms with van der Waals surface area (Å²) >= 11 is 0. The highest BCUT2D eigenvalue weighted by molar-refractivity contribution is 5.79. The van der Waals surface area contributed by atoms with Crippen molar-refractivity contribution in [3.63, 3.8) is 0 Å². The summed E-state index contributed by atoms with van der Waals surface area (Å²) in [7, 11) is 0. The predicted octanol–water partition coefficient (Wildman–Crippen LogP) is 2.33. The van der Waals surface area contributed by atoms with Gasteiger partial charge in [-0.25, -0.2) is 0 Å². The Balaban J connectivity index is 1.89. The highest BCUT2D eigenvalue weighted by Gasteiger charge is 2.34. The molecule has 2 rings (SSSR count). The van der Waals surface area contributed by atoms with Crippen LogP contribution in [0.1, 0.15) is 45.4 Å². The molecule has 0 aromatic rings. The topological polar surface area (TPSA) is 44.1 Å². The van der Waals surface area contributed by atoms with E-state index in [4.69, 9.17) is 5.26 Å². The normalized spacial score (nSPS) is 25.4. The van der Waals surface area contributed by atoms with Gasteiger partial charge in [0.1, 0.15) is 0 Å². The van der Waals surface area contributed by atoms with E-state index < -0.39 is 0 Å². The maximum atomic E-state index is 12.1. The van der Waals surface area contributed by atoms with E-state index in [1.807, 2.05) is 11.8 Å². The van der Waals surface area contributed by atoms with Gasteiger partial charge in [0.05, 0.1) is 11.5 Å². The predicted molar refractivity (Wildman–Crippen MR) is 61.5 cm³/mol. The second-order valence-electron chi connectivity index (χ2n) is 5.48. The van der Waals surface area contributed by atoms with Crippen LogP contribution < -0.4 is 0 Å². The Hall–Kier alpha value is -1.04. The van der Waals surface area contributed by atoms with Crippen LogP contribution in [0.5, 0.6) is 0 Å². The van der Waals surface area contributed by atoms with Crippen molar-refractivity contribution < 1.29 is 4.79 Å². The van der Waals surface area contributed by atoms with Gasteiger partial charge in [0.15, 0.2) is 0 Å². The Morgan fingerprint density at radius 2 is 1.88 bits per heavy atom. The fourth-order valence-electron chi connectivity index (χ4n) is 2.76. The lowest BCUT2D eigenvalue weighted by molar-refractivity contribution is -0.137. The zero-order chi connectivity index (χ0) is 11.6. The molecule has 88 valence electrons. The molecule has 1 aliphatic heterocycles. The summed E-state index contributed by atoms with van der Waals surface area (Å²) in [5.74, 6) is 0.629. The van der Waals surface area contributed by atoms with Gasteiger partial charge in [-0.1, -0.05) is 12.8 Å². The number of nitrogens with zero attached hydrogens (tertiary/aromatic N) is 2. The first kappa shape index (κ1) is 11.4. The third-order valence-electron chi connectivity index (χ3n) is 4.15. The van der Waals surface area contributed by atoms with Gasteiger partial charge in [0.2, 0.25) is 5.91 Å². The fourth-order valence-corrected chi connectivity index (χ4v) is 2.76. The molecule has 1 heterocycles. The Labute approximate surface area is 97.4 Å². The SMILES string of the molecule is CC1(C#N)CCN(C(=O)C2CCCC2)CC1. The average molecular weight is 220 g/mol. The molecule has 1 amide bonds. The summed E-state index contributed by atoms with van der Waals surface area (Å²) in [4.78, 5) is 14.1. The molecule has 16 heavy (non-hydrogen) atoms. The number of carbonyl (C=O) groups excluding carboxylic acids is 1. The van der Waals surface area contributed by atoms with Crippen molar-refractivity contribution in [1.29, 1.82) is 5.26 Å². The van der Waals surface area contributed by atoms with Crippen LogP contribution in [0, 0.1) is 22.7 Å². The van der Waals surface area contributed by atoms with Gasteiger partial charge >= 0.3 is 0 Å². The molecule has 0 bridgehead atoms. The third kappa shape index (κ3) is 2.21. The number of hydrogen-bond acceptors (Lipinski definition) is 2. The van der Waals surface area contributed by atoms with Gasteiger partial charge in [-0.3, -0.25) is 4.79 Å². The van der Waals surface area contributed by atoms with E-state index in [9.17, 15) is 4.79 Å². The molecule has 3 heteroatoms. The summed E-state index contributed by atoms with van der Waals surface area (Å²) in [6.07, 6.45) is 6.24. The second-order valence-corrected chi connectivity index (χ2v) is 5.48. The lowest BCUT2D eigenvalue weighted by atomic mass is 9.82. The summed E-state index contributed by atoms with van der Waals surface area (Å²) in [6.45, 7) is 3.56. The molecule has 0 aromatic heterocycles. The number of hydrogen-bond donors (Lipinski definition) is 0. The standard InChI is InChI=1S/C13H20N2O/c1-13(10-14)6-8-15(9-7-13)12(16)11-4-2-3-5-11/h11H,2-9H2,1H3. The minimum atomic E-state index is -0.202. The van der Waals surface area contributed by atoms with Gasteiger partial charge in [-0.2, -0.15) is 5.26 Å². The van der Waals surface area contributed by atoms with Gasteiger partial charge in [-0.05, 0) is 32.6 Å². The van der Waals surface area contributed by atoms with Crippen molar-refractivity contribution >= 4 is 5.91 Å². The van der Waals surface area contributed by atoms with Gasteiger partial charge in [0, 0.05) is 19.0 Å². The van der Waals surface area contributed by atoms with Crippen molar-refractivity contribution in [2.24, 2.45) is 11.3 Å². The molecular weight excluding hydrogens is 200 g/mol. The van der Waals surface area contributed by atoms with Crippen molar-refractivity contribution in [3.8, 4) is 6.07 Å². The molecular formula is C13H20N2O. The molecule has 3 nitrogen and oxygen atoms in total. The maximum Gasteiger partial charge on any atom is 0.225 e. The number of likely N-dealkylation sites (tertiary alicyclic amines) is 1. The molecule has 1 saturated carbocycles. The number of piperidine rings is 1. The summed E-state index contributed by atoms with van der Waals surface area (Å²) in [5.41, 5.74) is -0.202. The number of rotatable bonds is 1. The first-order chi connectivity index (χ1) is 7.64. The van der Waals surface area contributed by atoms with Crippen molar-refractivity contribution in [2.75, 3.05) is 13.1 Å². The van der Waals surface area contributed by atoms with E-state index in [1.54, 1.807) is 0 Å². The molecule has 0 unspecified atom stereocenters. The van der Waals surface area contributed by atoms with Gasteiger partial charge in [0.25, 0.3) is 0 Å². The van der Waals surface area contributed by atoms with E-state index in [0.29, 0.717) is 5.91 Å². The van der Waals surface area contributed by atoms with Crippen LogP contribution in [0.3, 0.4) is 0 Å². The fraction of sp³-hybridized carbons (Fsp3) is 0.846. The van der Waals surface area contributed by atoms with Crippen LogP contribution in [0.4, 0.5) is 0 Å². The number of amides is 1. The molecule has 2 aliphatic rings. The second kappa shape index (κ2) is 4.45. The van der Waals surface area contributed by atoms with Crippen molar-refractivity contribution in [3.05, 3.63) is 0 Å². The smallest absolute Gasteiger partial charge is 0.225 e. The largest absolute Gasteiger partial charge is 0.342 e. The van der Waals surface area contributed by atoms with E-state index in [2.05, 4.69) is 6.07 Å². The van der Waals surface area contributed by atoms with Crippen LogP contribution in [0.2, 0.25) is 0 Å². The lowest BCUT2D eigenvalue weighted by Gasteiger charge is -2.36. The Morgan fingerprint density at radius 3 is 2.38 bits per heavy atom. The zero-order valence-electron chi connectivity index (χ0n) is 10.0. The molecule has 2 fully saturated rings. The van der Waals surface area contributed by atoms with E-state index in [1.165, 1.54) is 12.8 Å². The molecule has 1 aliphatic carbocycles. The summed E-state index contributed by atoms with van der Waals surface area (Å²) in [6, 6.07) is 2.37. The van der Waals surface area contributed by atoms with Crippen LogP contribution in [0.25, 0.3) is 0 Å². The molecule has 0 N–H and O–H groups in total. The highest BCUT2D eigenvalue weighted by Crippen LogP contribution is 2.32. The van der Waals surface area contributed by atoms with Gasteiger partial charge < -0.3 is 4.90 Å². The van der Waals surface area contributed by atoms with E-state index in [0.717, 1.165) is 38.8 Å². The van der Waals surface area contributed by atoms with Crippen molar-refractivity contribution in [1.82, 2.24) is 4.90 Å². The van der Waals surface area contributed by atoms with Crippen LogP contribution >= 0.6 is 0 Å². The lowest BCUT2D eigenvalue weighted by Crippen LogP contribution is -2.43. The van der Waals surface area contributed by atoms with Crippen LogP contribution in [0.15, 0.2) is 0 Å². The highest BCUT2D eigenvalue weighted by atomic mass is 16.2. The van der Waals surface area contributed by atoms with Gasteiger partial charge in [-0.15, -0.1) is 0 Å². The first-order valence-corrected chi connectivity index (χ1v) is 6.35. The summed E-state index contributed by atoms with van der Waals surface area (Å²) in [5, 5.41) is 9.03. The Kier molecular flexibility index (Phi) is 3.18. The average Bonchev–Trinajstić information content (AvgIpc) is 2.83. The molecule has 0 radical (unpaired) electrons. The van der Waals surface area contributed by atoms with E-state index >= 15 is 0 Å². The monoisotopic (exact) mass is 220 g/mol. The third-order valence-corrected chi connectivity index (χ3v) is 4.15. The first-order valence-electron chi connectivity index (χ1n) is 6.35. The quantitative estimate of drug-likeness (QED) is 0.680. The maximum absolute atomic E-state index is 12.1. The number of carbonyl (C=O) groups is 1. The molecule has 0 atom stereocenters. The van der Waals surface area contributed by atoms with E-state index in [-0.39, 0.29) is 11.3 Å². The van der Waals surface area contributed by atoms with Crippen molar-refractivity contribution in [2.45, 2.75) is 45.4 Å². The molecule has 0 spiro atoms. The Morgan fingerprint density at radius 1 is 1.31 bits per heavy atom. The van der Waals surface area contributed by atoms with Crippen LogP contribution in [-0.4, -0.2) is 23.9 Å². The van der Waals surface area contributed by atoms with Crippen LogP contribution in [-0.2, 0) is 4.79 Å². The minimum absolute atomic E-state index is 0.202. The minimum Gasteiger partial charge on any atom is -0.342 e. The number of nitriles is 1. The molecule has 1 saturated heterocycles. The Bertz CT molecular complexity index is 304. The summed E-state index contributed by atoms with van der Waals surface area (Å²) < 4.78 is 0. The molecule has 0 aromatic carbocycles.